The lowest BCUT2D eigenvalue weighted by molar-refractivity contribution is 0.0979. The first-order valence-corrected chi connectivity index (χ1v) is 11.5. The largest absolute Gasteiger partial charge is 0.289 e. The van der Waals surface area contributed by atoms with Gasteiger partial charge >= 0.3 is 0 Å². The third kappa shape index (κ3) is 2.88. The second kappa shape index (κ2) is 7.62. The summed E-state index contributed by atoms with van der Waals surface area (Å²) in [5, 5.41) is 0.568. The summed E-state index contributed by atoms with van der Waals surface area (Å²) < 4.78 is 4.61. The van der Waals surface area contributed by atoms with Gasteiger partial charge in [0.25, 0.3) is 0 Å². The maximum atomic E-state index is 13.3. The molecule has 0 spiro atoms. The van der Waals surface area contributed by atoms with Crippen molar-refractivity contribution in [2.24, 2.45) is 4.74 Å². The van der Waals surface area contributed by atoms with Crippen LogP contribution in [-0.2, 0) is 0 Å². The normalized spacial score (nSPS) is 14.0. The highest BCUT2D eigenvalue weighted by molar-refractivity contribution is 7.37. The average Bonchev–Trinajstić information content (AvgIpc) is 2.88. The fourth-order valence-electron chi connectivity index (χ4n) is 4.53. The molecule has 0 aliphatic heterocycles. The topological polar surface area (TPSA) is 80.6 Å². The second-order valence-electron chi connectivity index (χ2n) is 8.01. The van der Waals surface area contributed by atoms with Gasteiger partial charge in [0.15, 0.2) is 23.1 Å². The number of nitrogens with zero attached hydrogens (tertiary/aromatic N) is 1. The summed E-state index contributed by atoms with van der Waals surface area (Å²) in [7, 11) is 0.396. The number of fused-ring (bicyclic) bond motifs is 4. The Labute approximate surface area is 196 Å². The molecule has 0 N–H and O–H groups in total. The van der Waals surface area contributed by atoms with E-state index < -0.39 is 0 Å². The fourth-order valence-corrected chi connectivity index (χ4v) is 5.38. The van der Waals surface area contributed by atoms with E-state index in [1.165, 1.54) is 0 Å². The maximum absolute atomic E-state index is 13.3. The van der Waals surface area contributed by atoms with E-state index in [0.717, 1.165) is 0 Å². The molecule has 34 heavy (non-hydrogen) atoms. The monoisotopic (exact) mass is 459 g/mol. The number of hydrogen-bond donors (Lipinski definition) is 0. The van der Waals surface area contributed by atoms with Crippen LogP contribution in [0.15, 0.2) is 89.7 Å². The van der Waals surface area contributed by atoms with Crippen molar-refractivity contribution in [3.63, 3.8) is 0 Å². The zero-order valence-corrected chi connectivity index (χ0v) is 18.5. The van der Waals surface area contributed by atoms with E-state index >= 15 is 0 Å². The number of carbonyl (C=O) groups is 4. The number of rotatable bonds is 2. The van der Waals surface area contributed by atoms with Gasteiger partial charge in [-0.2, -0.15) is 0 Å². The Morgan fingerprint density at radius 3 is 1.47 bits per heavy atom. The highest BCUT2D eigenvalue weighted by atomic mass is 31.1. The molecular formula is C28H14NO4P. The highest BCUT2D eigenvalue weighted by Crippen LogP contribution is 2.35. The Balaban J connectivity index is 1.47. The van der Waals surface area contributed by atoms with Crippen molar-refractivity contribution in [3.8, 4) is 0 Å². The van der Waals surface area contributed by atoms with E-state index in [1.807, 2.05) is 0 Å². The SMILES string of the molecule is O=C1c2ccccc2C(=O)c2c(N=Pc3cccc4c3C(=O)c3ccccc3C4=O)cccc21. The van der Waals surface area contributed by atoms with Crippen molar-refractivity contribution in [2.75, 3.05) is 0 Å². The van der Waals surface area contributed by atoms with E-state index in [-0.39, 0.29) is 28.7 Å². The summed E-state index contributed by atoms with van der Waals surface area (Å²) in [6.07, 6.45) is 0. The summed E-state index contributed by atoms with van der Waals surface area (Å²) >= 11 is 0. The first-order valence-electron chi connectivity index (χ1n) is 10.6. The summed E-state index contributed by atoms with van der Waals surface area (Å²) in [6, 6.07) is 23.7. The summed E-state index contributed by atoms with van der Waals surface area (Å²) in [5.74, 6) is -0.890. The zero-order chi connectivity index (χ0) is 23.4. The van der Waals surface area contributed by atoms with Gasteiger partial charge in [-0.25, -0.2) is 4.74 Å². The minimum Gasteiger partial charge on any atom is -0.289 e. The minimum atomic E-state index is -0.255. The van der Waals surface area contributed by atoms with Crippen molar-refractivity contribution in [1.82, 2.24) is 0 Å². The summed E-state index contributed by atoms with van der Waals surface area (Å²) in [5.41, 5.74) is 3.13. The molecule has 5 nitrogen and oxygen atoms in total. The van der Waals surface area contributed by atoms with Crippen molar-refractivity contribution in [2.45, 2.75) is 0 Å². The first-order chi connectivity index (χ1) is 16.6. The molecule has 0 heterocycles. The van der Waals surface area contributed by atoms with E-state index in [1.54, 1.807) is 84.9 Å². The number of carbonyl (C=O) groups excluding carboxylic acids is 4. The average molecular weight is 459 g/mol. The smallest absolute Gasteiger partial charge is 0.196 e. The molecule has 0 bridgehead atoms. The van der Waals surface area contributed by atoms with Crippen LogP contribution in [0, 0.1) is 0 Å². The van der Waals surface area contributed by atoms with Crippen LogP contribution in [0.25, 0.3) is 0 Å². The van der Waals surface area contributed by atoms with Crippen LogP contribution >= 0.6 is 8.37 Å². The van der Waals surface area contributed by atoms with Gasteiger partial charge in [-0.1, -0.05) is 72.8 Å². The summed E-state index contributed by atoms with van der Waals surface area (Å²) in [6.45, 7) is 0. The highest BCUT2D eigenvalue weighted by Gasteiger charge is 2.32. The van der Waals surface area contributed by atoms with Gasteiger partial charge in [-0.05, 0) is 12.1 Å². The molecule has 2 aliphatic rings. The van der Waals surface area contributed by atoms with Gasteiger partial charge in [0.2, 0.25) is 0 Å². The van der Waals surface area contributed by atoms with Gasteiger partial charge in [-0.15, -0.1) is 0 Å². The molecule has 0 amide bonds. The first kappa shape index (κ1) is 20.3. The van der Waals surface area contributed by atoms with Crippen LogP contribution in [-0.4, -0.2) is 23.1 Å². The Bertz CT molecular complexity index is 1510. The molecule has 0 radical (unpaired) electrons. The predicted molar refractivity (Wildman–Crippen MR) is 128 cm³/mol. The van der Waals surface area contributed by atoms with E-state index in [4.69, 9.17) is 0 Å². The third-order valence-corrected chi connectivity index (χ3v) is 7.03. The van der Waals surface area contributed by atoms with Crippen LogP contribution in [0.4, 0.5) is 5.69 Å². The van der Waals surface area contributed by atoms with Gasteiger partial charge in [0, 0.05) is 52.6 Å². The van der Waals surface area contributed by atoms with Crippen molar-refractivity contribution in [1.29, 1.82) is 0 Å². The van der Waals surface area contributed by atoms with Gasteiger partial charge in [0.05, 0.1) is 11.3 Å². The van der Waals surface area contributed by atoms with Crippen molar-refractivity contribution >= 4 is 42.5 Å². The van der Waals surface area contributed by atoms with Crippen LogP contribution in [0.1, 0.15) is 63.7 Å². The molecule has 0 saturated heterocycles. The Morgan fingerprint density at radius 2 is 0.882 bits per heavy atom. The Kier molecular flexibility index (Phi) is 4.54. The van der Waals surface area contributed by atoms with Crippen LogP contribution < -0.4 is 5.30 Å². The maximum Gasteiger partial charge on any atom is 0.196 e. The van der Waals surface area contributed by atoms with Crippen molar-refractivity contribution in [3.05, 3.63) is 129 Å². The Hall–Kier alpha value is -4.34. The van der Waals surface area contributed by atoms with Crippen LogP contribution in [0.3, 0.4) is 0 Å². The minimum absolute atomic E-state index is 0.197. The zero-order valence-electron chi connectivity index (χ0n) is 17.6. The number of hydrogen-bond acceptors (Lipinski definition) is 5. The standard InChI is InChI=1S/C28H14NO4P/c30-25-15-7-1-3-9-17(15)27(32)23-19(25)11-5-13-21(23)29-34-22-14-6-12-20-24(22)28(33)18-10-4-2-8-16(18)26(20)31/h1-14H. The van der Waals surface area contributed by atoms with Gasteiger partial charge in [0.1, 0.15) is 0 Å². The lowest BCUT2D eigenvalue weighted by Crippen LogP contribution is -2.25. The van der Waals surface area contributed by atoms with Crippen LogP contribution in [0.5, 0.6) is 0 Å². The van der Waals surface area contributed by atoms with Crippen molar-refractivity contribution < 1.29 is 19.2 Å². The lowest BCUT2D eigenvalue weighted by atomic mass is 9.83. The van der Waals surface area contributed by atoms with Crippen LogP contribution in [0.2, 0.25) is 0 Å². The molecule has 160 valence electrons. The predicted octanol–water partition coefficient (Wildman–Crippen LogP) is 5.32. The molecule has 0 aromatic heterocycles. The quantitative estimate of drug-likeness (QED) is 0.328. The lowest BCUT2D eigenvalue weighted by Gasteiger charge is -2.19. The molecular weight excluding hydrogens is 445 g/mol. The van der Waals surface area contributed by atoms with E-state index in [2.05, 4.69) is 4.74 Å². The molecule has 0 unspecified atom stereocenters. The van der Waals surface area contributed by atoms with E-state index in [9.17, 15) is 19.2 Å². The van der Waals surface area contributed by atoms with Gasteiger partial charge < -0.3 is 0 Å². The van der Waals surface area contributed by atoms with E-state index in [0.29, 0.717) is 58.3 Å². The molecule has 4 aromatic rings. The molecule has 6 heteroatoms. The molecule has 2 aliphatic carbocycles. The fraction of sp³-hybridized carbons (Fsp3) is 0. The number of benzene rings is 4. The third-order valence-electron chi connectivity index (χ3n) is 6.13. The molecule has 4 aromatic carbocycles. The summed E-state index contributed by atoms with van der Waals surface area (Å²) in [4.78, 5) is 52.5. The molecule has 0 atom stereocenters. The molecule has 0 saturated carbocycles. The Morgan fingerprint density at radius 1 is 0.441 bits per heavy atom. The van der Waals surface area contributed by atoms with Gasteiger partial charge in [-0.3, -0.25) is 19.2 Å². The molecule has 6 rings (SSSR count). The second-order valence-corrected chi connectivity index (χ2v) is 8.89. The molecule has 0 fully saturated rings. The number of ketones is 4.